The van der Waals surface area contributed by atoms with E-state index in [0.717, 1.165) is 37.2 Å². The first-order chi connectivity index (χ1) is 39.1. The number of aromatic nitrogens is 6. The predicted molar refractivity (Wildman–Crippen MR) is 287 cm³/mol. The van der Waals surface area contributed by atoms with Gasteiger partial charge in [0, 0.05) is 19.8 Å². The molecule has 8 rings (SSSR count). The second-order valence-corrected chi connectivity index (χ2v) is 24.3. The molecule has 32 heteroatoms. The van der Waals surface area contributed by atoms with E-state index in [4.69, 9.17) is 37.8 Å². The van der Waals surface area contributed by atoms with Gasteiger partial charge in [0.25, 0.3) is 31.7 Å². The smallest absolute Gasteiger partial charge is 0.330 e. The van der Waals surface area contributed by atoms with Crippen LogP contribution in [0.2, 0.25) is 0 Å². The highest BCUT2D eigenvalue weighted by molar-refractivity contribution is 7.56. The SMILES string of the molecule is C[C@H](N[P@](C)(=O)OC[C@H]1O[C@@H](n2cc(F)c(=O)[nH]c2=O)C[C@@H]1C)C(=O)OCc1ccccc1.C[C@H](N[P@](C)(=O)OC[C@H]1O[C@@H](n2cc(F)c(=O)[nH]c2=O)C[C@@H]1O)C(=O)OCc1ccccc1.C[C@H]1C[C@H](n2cc(F)c(=O)[nH]c2=O)O[C@@H]1CO. The summed E-state index contributed by atoms with van der Waals surface area (Å²) < 4.78 is 107. The van der Waals surface area contributed by atoms with Crippen LogP contribution < -0.4 is 43.9 Å². The molecule has 2 aromatic carbocycles. The number of ether oxygens (including phenoxy) is 5. The molecule has 5 aromatic rings. The van der Waals surface area contributed by atoms with E-state index in [0.29, 0.717) is 19.0 Å². The lowest BCUT2D eigenvalue weighted by Crippen LogP contribution is -2.35. The molecule has 3 fully saturated rings. The number of aliphatic hydroxyl groups excluding tert-OH is 2. The highest BCUT2D eigenvalue weighted by Gasteiger charge is 2.39. The third kappa shape index (κ3) is 18.7. The first-order valence-corrected chi connectivity index (χ1v) is 30.0. The molecule has 13 atom stereocenters. The number of hydrogen-bond acceptors (Lipinski definition) is 19. The molecular formula is C51H65F3N8O19P2. The van der Waals surface area contributed by atoms with Crippen LogP contribution in [0.4, 0.5) is 13.2 Å². The quantitative estimate of drug-likeness (QED) is 0.0435. The fraction of sp³-hybridized carbons (Fsp3) is 0.490. The fourth-order valence-electron chi connectivity index (χ4n) is 8.59. The van der Waals surface area contributed by atoms with Gasteiger partial charge in [0.1, 0.15) is 50.1 Å². The Morgan fingerprint density at radius 2 is 0.940 bits per heavy atom. The van der Waals surface area contributed by atoms with E-state index in [2.05, 4.69) is 10.2 Å². The summed E-state index contributed by atoms with van der Waals surface area (Å²) in [4.78, 5) is 98.6. The maximum atomic E-state index is 13.6. The molecule has 0 spiro atoms. The van der Waals surface area contributed by atoms with Crippen LogP contribution in [-0.2, 0) is 64.7 Å². The van der Waals surface area contributed by atoms with E-state index in [9.17, 15) is 65.8 Å². The highest BCUT2D eigenvalue weighted by atomic mass is 31.2. The number of hydrogen-bond donors (Lipinski definition) is 7. The van der Waals surface area contributed by atoms with Crippen molar-refractivity contribution in [2.75, 3.05) is 33.2 Å². The van der Waals surface area contributed by atoms with Crippen molar-refractivity contribution in [3.05, 3.63) is 170 Å². The lowest BCUT2D eigenvalue weighted by molar-refractivity contribution is -0.147. The van der Waals surface area contributed by atoms with Gasteiger partial charge in [-0.3, -0.25) is 61.8 Å². The van der Waals surface area contributed by atoms with Gasteiger partial charge >= 0.3 is 29.0 Å². The van der Waals surface area contributed by atoms with Crippen LogP contribution in [0.5, 0.6) is 0 Å². The largest absolute Gasteiger partial charge is 0.460 e. The summed E-state index contributed by atoms with van der Waals surface area (Å²) in [5, 5.41) is 24.5. The van der Waals surface area contributed by atoms with E-state index >= 15 is 0 Å². The third-order valence-corrected chi connectivity index (χ3v) is 16.1. The maximum absolute atomic E-state index is 13.6. The van der Waals surface area contributed by atoms with Crippen molar-refractivity contribution in [3.63, 3.8) is 0 Å². The number of H-pyrrole nitrogens is 3. The Hall–Kier alpha value is -6.69. The molecule has 3 aromatic heterocycles. The van der Waals surface area contributed by atoms with E-state index < -0.39 is 127 Å². The lowest BCUT2D eigenvalue weighted by Gasteiger charge is -2.22. The lowest BCUT2D eigenvalue weighted by atomic mass is 10.0. The molecule has 0 unspecified atom stereocenters. The number of nitrogens with zero attached hydrogens (tertiary/aromatic N) is 3. The average molecular weight is 1210 g/mol. The van der Waals surface area contributed by atoms with E-state index in [-0.39, 0.29) is 57.4 Å². The number of esters is 2. The van der Waals surface area contributed by atoms with Crippen molar-refractivity contribution >= 4 is 27.0 Å². The Morgan fingerprint density at radius 3 is 1.31 bits per heavy atom. The van der Waals surface area contributed by atoms with E-state index in [1.54, 1.807) is 12.1 Å². The normalized spacial score (nSPS) is 24.2. The molecule has 3 aliphatic rings. The standard InChI is InChI=1S/C21H27FN3O7P.C20H25FN3O8P.C10H13FN2O4/c1-13-9-18(25-10-16(22)19(26)23-21(25)28)32-17(13)12-31-33(3,29)24-14(2)20(27)30-11-15-7-5-4-6-8-15;1-12(19(27)30-10-13-6-4-3-5-7-13)23-33(2,29)31-11-16-15(25)8-17(32-16)24-9-14(21)18(26)22-20(24)28;1-5-2-8(17-7(5)4-14)13-3-6(11)9(15)12-10(13)16/h4-8,10,13-14,17-18H,9,11-12H2,1-3H3,(H,24,29)(H,23,26,28);3-7,9,12,15-17,25H,8,10-11H2,1-2H3,(H,23,29)(H,22,26,28);3,5,7-8,14H,2,4H2,1H3,(H,12,15,16)/t13-,14-,17+,18+,33+;12-,15-,16+,17+,33+;5-,7+,8+/m000/s1. The van der Waals surface area contributed by atoms with Crippen molar-refractivity contribution < 1.29 is 74.8 Å². The van der Waals surface area contributed by atoms with Gasteiger partial charge in [0.05, 0.1) is 56.7 Å². The monoisotopic (exact) mass is 1210 g/mol. The highest BCUT2D eigenvalue weighted by Crippen LogP contribution is 2.42. The minimum atomic E-state index is -3.51. The maximum Gasteiger partial charge on any atom is 0.330 e. The third-order valence-electron chi connectivity index (χ3n) is 13.1. The molecule has 0 radical (unpaired) electrons. The molecule has 454 valence electrons. The number of aromatic amines is 3. The molecular weight excluding hydrogens is 1150 g/mol. The van der Waals surface area contributed by atoms with Crippen LogP contribution >= 0.6 is 15.0 Å². The van der Waals surface area contributed by atoms with Gasteiger partial charge < -0.3 is 42.9 Å². The minimum absolute atomic E-state index is 0.0619. The van der Waals surface area contributed by atoms with Crippen LogP contribution in [0.25, 0.3) is 0 Å². The fourth-order valence-corrected chi connectivity index (χ4v) is 11.2. The second kappa shape index (κ2) is 29.2. The Balaban J connectivity index is 0.000000210. The van der Waals surface area contributed by atoms with Crippen LogP contribution in [0.1, 0.15) is 76.8 Å². The average Bonchev–Trinajstić information content (AvgIpc) is 4.13. The molecule has 6 heterocycles. The molecule has 0 saturated carbocycles. The van der Waals surface area contributed by atoms with Crippen molar-refractivity contribution in [3.8, 4) is 0 Å². The van der Waals surface area contributed by atoms with Gasteiger partial charge in [-0.1, -0.05) is 74.5 Å². The zero-order valence-electron chi connectivity index (χ0n) is 45.7. The van der Waals surface area contributed by atoms with Gasteiger partial charge in [-0.25, -0.2) is 24.6 Å². The summed E-state index contributed by atoms with van der Waals surface area (Å²) in [7, 11) is -6.91. The number of benzene rings is 2. The summed E-state index contributed by atoms with van der Waals surface area (Å²) in [6.45, 7) is 8.91. The van der Waals surface area contributed by atoms with Crippen molar-refractivity contribution in [1.82, 2.24) is 38.8 Å². The van der Waals surface area contributed by atoms with Gasteiger partial charge in [-0.05, 0) is 49.7 Å². The minimum Gasteiger partial charge on any atom is -0.460 e. The first-order valence-electron chi connectivity index (χ1n) is 25.8. The van der Waals surface area contributed by atoms with E-state index in [1.165, 1.54) is 27.2 Å². The number of halogens is 3. The van der Waals surface area contributed by atoms with Gasteiger partial charge in [-0.15, -0.1) is 0 Å². The molecule has 0 amide bonds. The van der Waals surface area contributed by atoms with E-state index in [1.807, 2.05) is 77.3 Å². The van der Waals surface area contributed by atoms with Gasteiger partial charge in [0.15, 0.2) is 0 Å². The zero-order chi connectivity index (χ0) is 60.9. The Bertz CT molecular complexity index is 3320. The summed E-state index contributed by atoms with van der Waals surface area (Å²) in [6, 6.07) is 16.4. The summed E-state index contributed by atoms with van der Waals surface area (Å²) in [6.07, 6.45) is -2.41. The number of nitrogens with one attached hydrogen (secondary N) is 5. The predicted octanol–water partition coefficient (Wildman–Crippen LogP) is 2.64. The number of rotatable bonds is 20. The summed E-state index contributed by atoms with van der Waals surface area (Å²) in [5.74, 6) is -4.55. The van der Waals surface area contributed by atoms with Crippen LogP contribution in [-0.4, -0.2) is 120 Å². The molecule has 3 aliphatic heterocycles. The molecule has 0 aliphatic carbocycles. The van der Waals surface area contributed by atoms with Crippen LogP contribution in [0.15, 0.2) is 108 Å². The van der Waals surface area contributed by atoms with Crippen molar-refractivity contribution in [2.45, 2.75) is 115 Å². The number of carbonyl (C=O) groups excluding carboxylic acids is 2. The van der Waals surface area contributed by atoms with Crippen molar-refractivity contribution in [1.29, 1.82) is 0 Å². The topological polar surface area (TPSA) is 362 Å². The molecule has 83 heavy (non-hydrogen) atoms. The first kappa shape index (κ1) is 65.5. The van der Waals surface area contributed by atoms with Gasteiger partial charge in [-0.2, -0.15) is 13.2 Å². The number of aliphatic hydroxyl groups is 2. The second-order valence-electron chi connectivity index (χ2n) is 19.9. The number of carbonyl (C=O) groups is 2. The zero-order valence-corrected chi connectivity index (χ0v) is 47.5. The Morgan fingerprint density at radius 1 is 0.602 bits per heavy atom. The van der Waals surface area contributed by atoms with Crippen molar-refractivity contribution in [2.24, 2.45) is 11.8 Å². The van der Waals surface area contributed by atoms with Crippen LogP contribution in [0.3, 0.4) is 0 Å². The molecule has 3 saturated heterocycles. The summed E-state index contributed by atoms with van der Waals surface area (Å²) >= 11 is 0. The molecule has 27 nitrogen and oxygen atoms in total. The Kier molecular flexibility index (Phi) is 23.0. The molecule has 7 N–H and O–H groups in total. The molecule has 0 bridgehead atoms. The summed E-state index contributed by atoms with van der Waals surface area (Å²) in [5.41, 5.74) is -4.07. The Labute approximate surface area is 470 Å². The van der Waals surface area contributed by atoms with Crippen LogP contribution in [0, 0.1) is 29.3 Å². The van der Waals surface area contributed by atoms with Gasteiger partial charge in [0.2, 0.25) is 17.5 Å².